The van der Waals surface area contributed by atoms with Crippen LogP contribution >= 0.6 is 0 Å². The van der Waals surface area contributed by atoms with E-state index in [0.29, 0.717) is 0 Å². The Morgan fingerprint density at radius 1 is 1.38 bits per heavy atom. The summed E-state index contributed by atoms with van der Waals surface area (Å²) in [6, 6.07) is 0. The van der Waals surface area contributed by atoms with Crippen LogP contribution in [-0.4, -0.2) is 11.7 Å². The fourth-order valence-electron chi connectivity index (χ4n) is 0.176. The number of nitrogens with two attached hydrogens (primary N) is 2. The number of nitrogens with one attached hydrogen (secondary N) is 1. The van der Waals surface area contributed by atoms with Crippen molar-refractivity contribution in [1.29, 1.82) is 0 Å². The molecule has 0 unspecified atom stereocenters. The summed E-state index contributed by atoms with van der Waals surface area (Å²) in [5.74, 6) is 0.117. The van der Waals surface area contributed by atoms with Crippen molar-refractivity contribution < 1.29 is 5.10 Å². The molecule has 0 aliphatic rings. The normalized spacial score (nSPS) is 7.75. The maximum absolute atomic E-state index is 5.02. The lowest BCUT2D eigenvalue weighted by atomic mass is 10.5. The molecule has 8 heavy (non-hydrogen) atoms. The number of hydrazone groups is 1. The molecule has 0 aliphatic heterocycles. The third-order valence-corrected chi connectivity index (χ3v) is 0.409. The van der Waals surface area contributed by atoms with Crippen LogP contribution in [0.15, 0.2) is 5.10 Å². The molecule has 0 spiro atoms. The van der Waals surface area contributed by atoms with Crippen LogP contribution in [0.25, 0.3) is 0 Å². The van der Waals surface area contributed by atoms with Crippen LogP contribution in [0, 0.1) is 0 Å². The highest BCUT2D eigenvalue weighted by Crippen LogP contribution is 1.58. The monoisotopic (exact) mass is 115 g/mol. The highest BCUT2D eigenvalue weighted by Gasteiger charge is 1.80. The molecule has 46 valence electrons. The molecular weight excluding hydrogens is 104 g/mol. The Morgan fingerprint density at radius 2 is 1.88 bits per heavy atom. The standard InChI is InChI=1S/C4H10N4/c1-3(2)7-8-4(5)6/h1-2H3,(H4,5,6,8)/p+1. The first kappa shape index (κ1) is 6.94. The Kier molecular flexibility index (Phi) is 2.61. The number of rotatable bonds is 1. The predicted molar refractivity (Wildman–Crippen MR) is 33.1 cm³/mol. The van der Waals surface area contributed by atoms with Crippen LogP contribution in [0.3, 0.4) is 0 Å². The minimum atomic E-state index is 0.117. The molecule has 0 aromatic heterocycles. The van der Waals surface area contributed by atoms with Crippen molar-refractivity contribution >= 4 is 11.7 Å². The minimum Gasteiger partial charge on any atom is -0.289 e. The predicted octanol–water partition coefficient (Wildman–Crippen LogP) is -2.26. The van der Waals surface area contributed by atoms with E-state index in [-0.39, 0.29) is 5.96 Å². The molecule has 4 heteroatoms. The van der Waals surface area contributed by atoms with Gasteiger partial charge in [-0.15, -0.1) is 5.10 Å². The summed E-state index contributed by atoms with van der Waals surface area (Å²) in [6.07, 6.45) is 0. The van der Waals surface area contributed by atoms with Crippen LogP contribution in [0.4, 0.5) is 0 Å². The van der Waals surface area contributed by atoms with Gasteiger partial charge in [0.2, 0.25) is 0 Å². The molecule has 0 saturated carbocycles. The van der Waals surface area contributed by atoms with Crippen LogP contribution in [0.5, 0.6) is 0 Å². The molecule has 0 rings (SSSR count). The van der Waals surface area contributed by atoms with Crippen molar-refractivity contribution in [3.05, 3.63) is 0 Å². The maximum Gasteiger partial charge on any atom is 0.362 e. The summed E-state index contributed by atoms with van der Waals surface area (Å²) >= 11 is 0. The molecule has 0 radical (unpaired) electrons. The van der Waals surface area contributed by atoms with Crippen LogP contribution in [0.1, 0.15) is 13.8 Å². The van der Waals surface area contributed by atoms with E-state index in [1.54, 1.807) is 0 Å². The topological polar surface area (TPSA) is 78.4 Å². The minimum absolute atomic E-state index is 0.117. The van der Waals surface area contributed by atoms with Gasteiger partial charge in [-0.1, -0.05) is 0 Å². The summed E-state index contributed by atoms with van der Waals surface area (Å²) in [7, 11) is 0. The van der Waals surface area contributed by atoms with Gasteiger partial charge in [-0.25, -0.2) is 0 Å². The second-order valence-corrected chi connectivity index (χ2v) is 1.63. The van der Waals surface area contributed by atoms with Gasteiger partial charge in [0.1, 0.15) is 0 Å². The Balaban J connectivity index is 3.76. The Bertz CT molecular complexity index is 100. The van der Waals surface area contributed by atoms with Gasteiger partial charge in [-0.3, -0.25) is 11.5 Å². The van der Waals surface area contributed by atoms with E-state index in [2.05, 4.69) is 10.2 Å². The number of hydrogen-bond donors (Lipinski definition) is 3. The van der Waals surface area contributed by atoms with Gasteiger partial charge in [-0.2, -0.15) is 5.10 Å². The highest BCUT2D eigenvalue weighted by atomic mass is 15.3. The summed E-state index contributed by atoms with van der Waals surface area (Å²) in [4.78, 5) is 0. The molecule has 0 fully saturated rings. The van der Waals surface area contributed by atoms with Crippen molar-refractivity contribution in [3.8, 4) is 0 Å². The average Bonchev–Trinajstić information content (AvgIpc) is 1.61. The van der Waals surface area contributed by atoms with Gasteiger partial charge in [0.05, 0.1) is 0 Å². The van der Waals surface area contributed by atoms with E-state index in [0.717, 1.165) is 5.71 Å². The first-order valence-corrected chi connectivity index (χ1v) is 2.27. The van der Waals surface area contributed by atoms with Gasteiger partial charge in [-0.05, 0) is 13.8 Å². The lowest BCUT2D eigenvalue weighted by molar-refractivity contribution is -0.464. The van der Waals surface area contributed by atoms with E-state index in [1.807, 2.05) is 13.8 Å². The molecule has 0 aliphatic carbocycles. The van der Waals surface area contributed by atoms with E-state index in [1.165, 1.54) is 0 Å². The van der Waals surface area contributed by atoms with Crippen molar-refractivity contribution in [2.75, 3.05) is 0 Å². The lowest BCUT2D eigenvalue weighted by Crippen LogP contribution is -2.72. The van der Waals surface area contributed by atoms with E-state index < -0.39 is 0 Å². The van der Waals surface area contributed by atoms with E-state index >= 15 is 0 Å². The average molecular weight is 115 g/mol. The van der Waals surface area contributed by atoms with Crippen LogP contribution in [0.2, 0.25) is 0 Å². The Morgan fingerprint density at radius 3 is 2.00 bits per heavy atom. The van der Waals surface area contributed by atoms with Gasteiger partial charge in [0.15, 0.2) is 0 Å². The summed E-state index contributed by atoms with van der Waals surface area (Å²) in [5, 5.41) is 6.11. The quantitative estimate of drug-likeness (QED) is 0.205. The largest absolute Gasteiger partial charge is 0.362 e. The zero-order valence-corrected chi connectivity index (χ0v) is 5.10. The van der Waals surface area contributed by atoms with E-state index in [4.69, 9.17) is 11.5 Å². The number of guanidine groups is 1. The zero-order chi connectivity index (χ0) is 6.57. The lowest BCUT2D eigenvalue weighted by Gasteiger charge is -1.79. The maximum atomic E-state index is 5.02. The molecule has 0 aromatic rings. The second kappa shape index (κ2) is 3.01. The Labute approximate surface area is 48.3 Å². The van der Waals surface area contributed by atoms with Crippen LogP contribution < -0.4 is 16.6 Å². The third kappa shape index (κ3) is 4.94. The van der Waals surface area contributed by atoms with E-state index in [9.17, 15) is 0 Å². The molecule has 0 atom stereocenters. The van der Waals surface area contributed by atoms with Crippen molar-refractivity contribution in [3.63, 3.8) is 0 Å². The zero-order valence-electron chi connectivity index (χ0n) is 5.10. The smallest absolute Gasteiger partial charge is 0.289 e. The summed E-state index contributed by atoms with van der Waals surface area (Å²) in [5.41, 5.74) is 10.9. The van der Waals surface area contributed by atoms with Crippen molar-refractivity contribution in [2.45, 2.75) is 13.8 Å². The molecule has 0 heterocycles. The van der Waals surface area contributed by atoms with Crippen LogP contribution in [-0.2, 0) is 0 Å². The highest BCUT2D eigenvalue weighted by molar-refractivity contribution is 5.78. The van der Waals surface area contributed by atoms with Gasteiger partial charge < -0.3 is 0 Å². The number of hydrogen-bond acceptors (Lipinski definition) is 1. The summed E-state index contributed by atoms with van der Waals surface area (Å²) in [6.45, 7) is 3.69. The van der Waals surface area contributed by atoms with Gasteiger partial charge in [0, 0.05) is 5.71 Å². The SMILES string of the molecule is CC(C)=N[NH+]=C(N)N. The van der Waals surface area contributed by atoms with Crippen molar-refractivity contribution in [2.24, 2.45) is 16.6 Å². The molecule has 0 saturated heterocycles. The fraction of sp³-hybridized carbons (Fsp3) is 0.500. The molecule has 0 aromatic carbocycles. The first-order chi connectivity index (χ1) is 3.63. The first-order valence-electron chi connectivity index (χ1n) is 2.27. The van der Waals surface area contributed by atoms with Gasteiger partial charge >= 0.3 is 5.96 Å². The second-order valence-electron chi connectivity index (χ2n) is 1.63. The molecular formula is C4H11N4+. The van der Waals surface area contributed by atoms with Crippen molar-refractivity contribution in [1.82, 2.24) is 0 Å². The Hall–Kier alpha value is -1.06. The molecule has 0 amide bonds. The third-order valence-electron chi connectivity index (χ3n) is 0.409. The molecule has 4 nitrogen and oxygen atoms in total. The molecule has 5 N–H and O–H groups in total. The summed E-state index contributed by atoms with van der Waals surface area (Å²) < 4.78 is 0. The molecule has 0 bridgehead atoms. The van der Waals surface area contributed by atoms with Gasteiger partial charge in [0.25, 0.3) is 0 Å². The fourth-order valence-corrected chi connectivity index (χ4v) is 0.176. The number of nitrogens with zero attached hydrogens (tertiary/aromatic N) is 1.